The maximum atomic E-state index is 4.27. The van der Waals surface area contributed by atoms with Crippen molar-refractivity contribution >= 4 is 17.2 Å². The summed E-state index contributed by atoms with van der Waals surface area (Å²) in [5, 5.41) is 13.9. The molecule has 0 saturated heterocycles. The van der Waals surface area contributed by atoms with Crippen molar-refractivity contribution in [3.63, 3.8) is 0 Å². The highest BCUT2D eigenvalue weighted by Crippen LogP contribution is 2.16. The van der Waals surface area contributed by atoms with Crippen molar-refractivity contribution in [3.8, 4) is 11.5 Å². The van der Waals surface area contributed by atoms with Crippen molar-refractivity contribution in [2.45, 2.75) is 19.4 Å². The first-order chi connectivity index (χ1) is 10.2. The number of nitrogens with zero attached hydrogens (tertiary/aromatic N) is 4. The van der Waals surface area contributed by atoms with E-state index in [1.165, 1.54) is 4.88 Å². The number of imidazole rings is 1. The molecule has 0 amide bonds. The first-order valence-electron chi connectivity index (χ1n) is 6.83. The Morgan fingerprint density at radius 3 is 2.81 bits per heavy atom. The third kappa shape index (κ3) is 3.28. The van der Waals surface area contributed by atoms with Crippen molar-refractivity contribution in [2.75, 3.05) is 5.32 Å². The number of anilines is 1. The zero-order valence-corrected chi connectivity index (χ0v) is 12.8. The van der Waals surface area contributed by atoms with Gasteiger partial charge in [-0.05, 0) is 30.5 Å². The van der Waals surface area contributed by atoms with E-state index in [0.29, 0.717) is 6.04 Å². The third-order valence-corrected chi connectivity index (χ3v) is 4.10. The quantitative estimate of drug-likeness (QED) is 0.787. The molecular formula is C15H17N5S. The molecule has 0 spiro atoms. The maximum Gasteiger partial charge on any atom is 0.160 e. The molecule has 108 valence electrons. The zero-order valence-electron chi connectivity index (χ0n) is 12.0. The van der Waals surface area contributed by atoms with Gasteiger partial charge in [-0.1, -0.05) is 6.07 Å². The lowest BCUT2D eigenvalue weighted by atomic mass is 10.2. The van der Waals surface area contributed by atoms with Gasteiger partial charge in [-0.25, -0.2) is 4.98 Å². The highest BCUT2D eigenvalue weighted by Gasteiger charge is 2.08. The van der Waals surface area contributed by atoms with Gasteiger partial charge in [0.05, 0.1) is 0 Å². The molecule has 0 fully saturated rings. The summed E-state index contributed by atoms with van der Waals surface area (Å²) in [6, 6.07) is 8.43. The molecule has 0 aliphatic carbocycles. The van der Waals surface area contributed by atoms with Crippen LogP contribution in [0.2, 0.25) is 0 Å². The predicted molar refractivity (Wildman–Crippen MR) is 85.3 cm³/mol. The van der Waals surface area contributed by atoms with Crippen molar-refractivity contribution in [1.82, 2.24) is 19.7 Å². The standard InChI is InChI=1S/C15H17N5S/c1-11(10-12-4-3-9-21-12)17-14-6-5-13(18-19-14)15-16-7-8-20(15)2/h3-9,11H,10H2,1-2H3,(H,17,19)/t11-/m0/s1. The molecule has 0 saturated carbocycles. The van der Waals surface area contributed by atoms with E-state index < -0.39 is 0 Å². The molecule has 3 aromatic rings. The molecule has 0 radical (unpaired) electrons. The minimum absolute atomic E-state index is 0.317. The second-order valence-electron chi connectivity index (χ2n) is 4.99. The van der Waals surface area contributed by atoms with Gasteiger partial charge >= 0.3 is 0 Å². The van der Waals surface area contributed by atoms with Crippen molar-refractivity contribution in [1.29, 1.82) is 0 Å². The smallest absolute Gasteiger partial charge is 0.160 e. The Bertz CT molecular complexity index is 687. The van der Waals surface area contributed by atoms with Gasteiger partial charge in [-0.2, -0.15) is 0 Å². The van der Waals surface area contributed by atoms with Crippen LogP contribution >= 0.6 is 11.3 Å². The minimum Gasteiger partial charge on any atom is -0.366 e. The van der Waals surface area contributed by atoms with E-state index in [-0.39, 0.29) is 0 Å². The molecule has 3 heterocycles. The molecule has 1 atom stereocenters. The normalized spacial score (nSPS) is 12.3. The third-order valence-electron chi connectivity index (χ3n) is 3.20. The van der Waals surface area contributed by atoms with Gasteiger partial charge in [-0.3, -0.25) is 0 Å². The summed E-state index contributed by atoms with van der Waals surface area (Å²) in [4.78, 5) is 5.64. The van der Waals surface area contributed by atoms with E-state index in [9.17, 15) is 0 Å². The molecule has 1 N–H and O–H groups in total. The van der Waals surface area contributed by atoms with E-state index >= 15 is 0 Å². The second kappa shape index (κ2) is 6.05. The van der Waals surface area contributed by atoms with Crippen LogP contribution in [0.3, 0.4) is 0 Å². The first kappa shape index (κ1) is 13.8. The van der Waals surface area contributed by atoms with E-state index in [1.54, 1.807) is 17.5 Å². The molecule has 6 heteroatoms. The molecule has 5 nitrogen and oxygen atoms in total. The Labute approximate surface area is 127 Å². The van der Waals surface area contributed by atoms with Gasteiger partial charge in [0.2, 0.25) is 0 Å². The number of hydrogen-bond acceptors (Lipinski definition) is 5. The Hall–Kier alpha value is -2.21. The molecule has 3 rings (SSSR count). The largest absolute Gasteiger partial charge is 0.366 e. The van der Waals surface area contributed by atoms with Gasteiger partial charge in [0, 0.05) is 36.8 Å². The summed E-state index contributed by atoms with van der Waals surface area (Å²) >= 11 is 1.78. The Kier molecular flexibility index (Phi) is 3.96. The van der Waals surface area contributed by atoms with Crippen LogP contribution in [0.15, 0.2) is 42.0 Å². The monoisotopic (exact) mass is 299 g/mol. The van der Waals surface area contributed by atoms with Gasteiger partial charge < -0.3 is 9.88 Å². The number of hydrogen-bond donors (Lipinski definition) is 1. The number of rotatable bonds is 5. The summed E-state index contributed by atoms with van der Waals surface area (Å²) in [5.41, 5.74) is 0.777. The molecule has 21 heavy (non-hydrogen) atoms. The van der Waals surface area contributed by atoms with Gasteiger partial charge in [0.1, 0.15) is 11.5 Å². The first-order valence-corrected chi connectivity index (χ1v) is 7.70. The second-order valence-corrected chi connectivity index (χ2v) is 6.03. The van der Waals surface area contributed by atoms with Gasteiger partial charge in [0.15, 0.2) is 5.82 Å². The summed E-state index contributed by atoms with van der Waals surface area (Å²) in [7, 11) is 1.94. The van der Waals surface area contributed by atoms with Crippen molar-refractivity contribution < 1.29 is 0 Å². The van der Waals surface area contributed by atoms with Crippen LogP contribution in [0.5, 0.6) is 0 Å². The van der Waals surface area contributed by atoms with Crippen LogP contribution < -0.4 is 5.32 Å². The molecule has 0 unspecified atom stereocenters. The number of aromatic nitrogens is 4. The van der Waals surface area contributed by atoms with E-state index in [1.807, 2.05) is 29.9 Å². The van der Waals surface area contributed by atoms with Crippen LogP contribution in [0.4, 0.5) is 5.82 Å². The molecule has 0 aliphatic rings. The fourth-order valence-corrected chi connectivity index (χ4v) is 3.01. The lowest BCUT2D eigenvalue weighted by Gasteiger charge is -2.13. The lowest BCUT2D eigenvalue weighted by molar-refractivity contribution is 0.788. The molecule has 0 aromatic carbocycles. The number of aryl methyl sites for hydroxylation is 1. The van der Waals surface area contributed by atoms with E-state index in [4.69, 9.17) is 0 Å². The summed E-state index contributed by atoms with van der Waals surface area (Å²) in [5.74, 6) is 1.61. The van der Waals surface area contributed by atoms with Crippen LogP contribution in [0.25, 0.3) is 11.5 Å². The minimum atomic E-state index is 0.317. The molecule has 0 aliphatic heterocycles. The van der Waals surface area contributed by atoms with Crippen LogP contribution in [-0.2, 0) is 13.5 Å². The SMILES string of the molecule is C[C@@H](Cc1cccs1)Nc1ccc(-c2nccn2C)nn1. The van der Waals surface area contributed by atoms with Crippen molar-refractivity contribution in [3.05, 3.63) is 46.9 Å². The van der Waals surface area contributed by atoms with Crippen LogP contribution in [0, 0.1) is 0 Å². The zero-order chi connectivity index (χ0) is 14.7. The summed E-state index contributed by atoms with van der Waals surface area (Å²) < 4.78 is 1.93. The predicted octanol–water partition coefficient (Wildman–Crippen LogP) is 2.98. The Morgan fingerprint density at radius 1 is 1.29 bits per heavy atom. The molecule has 3 aromatic heterocycles. The Balaban J connectivity index is 1.66. The fraction of sp³-hybridized carbons (Fsp3) is 0.267. The molecular weight excluding hydrogens is 282 g/mol. The highest BCUT2D eigenvalue weighted by molar-refractivity contribution is 7.09. The summed E-state index contributed by atoms with van der Waals surface area (Å²) in [6.07, 6.45) is 4.64. The van der Waals surface area contributed by atoms with Crippen molar-refractivity contribution in [2.24, 2.45) is 7.05 Å². The van der Waals surface area contributed by atoms with Gasteiger partial charge in [0.25, 0.3) is 0 Å². The molecule has 0 bridgehead atoms. The van der Waals surface area contributed by atoms with E-state index in [0.717, 1.165) is 23.8 Å². The maximum absolute atomic E-state index is 4.27. The number of nitrogens with one attached hydrogen (secondary N) is 1. The van der Waals surface area contributed by atoms with E-state index in [2.05, 4.69) is 44.9 Å². The lowest BCUT2D eigenvalue weighted by Crippen LogP contribution is -2.18. The highest BCUT2D eigenvalue weighted by atomic mass is 32.1. The average molecular weight is 299 g/mol. The Morgan fingerprint density at radius 2 is 2.19 bits per heavy atom. The van der Waals surface area contributed by atoms with Crippen LogP contribution in [-0.4, -0.2) is 25.8 Å². The number of thiophene rings is 1. The average Bonchev–Trinajstić information content (AvgIpc) is 3.11. The van der Waals surface area contributed by atoms with Gasteiger partial charge in [-0.15, -0.1) is 21.5 Å². The van der Waals surface area contributed by atoms with Crippen LogP contribution in [0.1, 0.15) is 11.8 Å². The fourth-order valence-electron chi connectivity index (χ4n) is 2.17. The topological polar surface area (TPSA) is 55.6 Å². The summed E-state index contributed by atoms with van der Waals surface area (Å²) in [6.45, 7) is 2.15.